The quantitative estimate of drug-likeness (QED) is 0.118. The van der Waals surface area contributed by atoms with E-state index in [0.29, 0.717) is 0 Å². The highest BCUT2D eigenvalue weighted by Crippen LogP contribution is 2.45. The Kier molecular flexibility index (Phi) is 8.30. The maximum atomic E-state index is 2.55. The Labute approximate surface area is 321 Å². The maximum absolute atomic E-state index is 2.55. The molecule has 9 rings (SSSR count). The van der Waals surface area contributed by atoms with Gasteiger partial charge in [0.1, 0.15) is 0 Å². The van der Waals surface area contributed by atoms with Gasteiger partial charge in [0.25, 0.3) is 0 Å². The second-order valence-electron chi connectivity index (χ2n) is 17.0. The third-order valence-electron chi connectivity index (χ3n) is 11.4. The minimum Gasteiger partial charge on any atom is -0.0656 e. The van der Waals surface area contributed by atoms with E-state index >= 15 is 0 Å². The van der Waals surface area contributed by atoms with Crippen LogP contribution in [0.1, 0.15) is 0 Å². The minimum absolute atomic E-state index is 1.25. The second kappa shape index (κ2) is 13.1. The van der Waals surface area contributed by atoms with Crippen LogP contribution in [-0.4, -0.2) is 16.1 Å². The molecule has 0 unspecified atom stereocenters. The van der Waals surface area contributed by atoms with Crippen LogP contribution < -0.4 is 10.4 Å². The highest BCUT2D eigenvalue weighted by molar-refractivity contribution is 6.89. The van der Waals surface area contributed by atoms with Crippen molar-refractivity contribution in [3.63, 3.8) is 0 Å². The molecule has 0 atom stereocenters. The zero-order valence-electron chi connectivity index (χ0n) is 32.2. The first-order chi connectivity index (χ1) is 26.0. The van der Waals surface area contributed by atoms with Gasteiger partial charge in [0.05, 0.1) is 16.1 Å². The van der Waals surface area contributed by atoms with Crippen LogP contribution in [0, 0.1) is 0 Å². The topological polar surface area (TPSA) is 0 Å². The zero-order chi connectivity index (χ0) is 37.2. The van der Waals surface area contributed by atoms with Crippen molar-refractivity contribution in [1.82, 2.24) is 0 Å². The van der Waals surface area contributed by atoms with Gasteiger partial charge in [-0.2, -0.15) is 0 Å². The van der Waals surface area contributed by atoms with Gasteiger partial charge in [-0.3, -0.25) is 0 Å². The molecule has 0 aliphatic heterocycles. The summed E-state index contributed by atoms with van der Waals surface area (Å²) in [5.41, 5.74) is 10.2. The Morgan fingerprint density at radius 1 is 0.278 bits per heavy atom. The molecule has 54 heavy (non-hydrogen) atoms. The van der Waals surface area contributed by atoms with Crippen molar-refractivity contribution in [1.29, 1.82) is 0 Å². The van der Waals surface area contributed by atoms with E-state index < -0.39 is 16.1 Å². The molecule has 0 aromatic heterocycles. The van der Waals surface area contributed by atoms with Gasteiger partial charge in [-0.1, -0.05) is 207 Å². The molecule has 0 N–H and O–H groups in total. The summed E-state index contributed by atoms with van der Waals surface area (Å²) in [7, 11) is -3.28. The van der Waals surface area contributed by atoms with E-state index in [-0.39, 0.29) is 0 Å². The molecule has 0 nitrogen and oxygen atoms in total. The molecule has 0 heterocycles. The summed E-state index contributed by atoms with van der Waals surface area (Å²) in [6.07, 6.45) is 0. The smallest absolute Gasteiger partial charge is 0.0656 e. The lowest BCUT2D eigenvalue weighted by molar-refractivity contribution is 1.62. The highest BCUT2D eigenvalue weighted by atomic mass is 28.3. The summed E-state index contributed by atoms with van der Waals surface area (Å²) in [6.45, 7) is 14.8. The molecule has 0 fully saturated rings. The van der Waals surface area contributed by atoms with Crippen LogP contribution in [0.5, 0.6) is 0 Å². The van der Waals surface area contributed by atoms with E-state index in [1.54, 1.807) is 0 Å². The van der Waals surface area contributed by atoms with E-state index in [1.165, 1.54) is 98.0 Å². The van der Waals surface area contributed by atoms with Gasteiger partial charge < -0.3 is 0 Å². The fraction of sp³-hybridized carbons (Fsp3) is 0.115. The van der Waals surface area contributed by atoms with Gasteiger partial charge in [0.15, 0.2) is 0 Å². The molecular formula is C52H46Si2. The first-order valence-corrected chi connectivity index (χ1v) is 26.3. The molecule has 0 saturated carbocycles. The first kappa shape index (κ1) is 34.2. The van der Waals surface area contributed by atoms with Crippen molar-refractivity contribution in [3.05, 3.63) is 170 Å². The van der Waals surface area contributed by atoms with E-state index in [0.717, 1.165) is 0 Å². The molecule has 0 bridgehead atoms. The van der Waals surface area contributed by atoms with Gasteiger partial charge in [-0.05, 0) is 99.7 Å². The molecular weight excluding hydrogens is 681 g/mol. The lowest BCUT2D eigenvalue weighted by Crippen LogP contribution is -2.37. The van der Waals surface area contributed by atoms with Gasteiger partial charge in [0, 0.05) is 0 Å². The average molecular weight is 727 g/mol. The highest BCUT2D eigenvalue weighted by Gasteiger charge is 2.24. The fourth-order valence-electron chi connectivity index (χ4n) is 8.42. The Bertz CT molecular complexity index is 2690. The number of benzene rings is 9. The van der Waals surface area contributed by atoms with Crippen molar-refractivity contribution in [2.24, 2.45) is 0 Å². The molecule has 262 valence electrons. The third kappa shape index (κ3) is 6.00. The van der Waals surface area contributed by atoms with Crippen molar-refractivity contribution in [3.8, 4) is 44.5 Å². The van der Waals surface area contributed by atoms with Crippen LogP contribution in [0.4, 0.5) is 0 Å². The molecule has 9 aromatic rings. The minimum atomic E-state index is -1.64. The normalized spacial score (nSPS) is 12.3. The average Bonchev–Trinajstić information content (AvgIpc) is 3.18. The number of hydrogen-bond acceptors (Lipinski definition) is 0. The van der Waals surface area contributed by atoms with E-state index in [2.05, 4.69) is 209 Å². The largest absolute Gasteiger partial charge is 0.0776 e. The van der Waals surface area contributed by atoms with Crippen molar-refractivity contribution in [2.75, 3.05) is 0 Å². The summed E-state index contributed by atoms with van der Waals surface area (Å²) in [5.74, 6) is 0. The van der Waals surface area contributed by atoms with Crippen LogP contribution in [-0.2, 0) is 0 Å². The van der Waals surface area contributed by atoms with Crippen molar-refractivity contribution in [2.45, 2.75) is 39.3 Å². The van der Waals surface area contributed by atoms with Crippen LogP contribution in [0.3, 0.4) is 0 Å². The van der Waals surface area contributed by atoms with Crippen LogP contribution in [0.15, 0.2) is 170 Å². The first-order valence-electron chi connectivity index (χ1n) is 19.3. The van der Waals surface area contributed by atoms with Crippen molar-refractivity contribution >= 4 is 69.6 Å². The molecule has 9 aromatic carbocycles. The molecule has 2 heteroatoms. The Morgan fingerprint density at radius 2 is 0.648 bits per heavy atom. The summed E-state index contributed by atoms with van der Waals surface area (Å²) in [4.78, 5) is 0. The molecule has 0 aliphatic rings. The van der Waals surface area contributed by atoms with Crippen LogP contribution in [0.2, 0.25) is 39.3 Å². The van der Waals surface area contributed by atoms with Gasteiger partial charge in [-0.15, -0.1) is 0 Å². The number of rotatable bonds is 6. The fourth-order valence-corrected chi connectivity index (χ4v) is 10.7. The van der Waals surface area contributed by atoms with Crippen molar-refractivity contribution < 1.29 is 0 Å². The predicted octanol–water partition coefficient (Wildman–Crippen LogP) is 14.1. The number of fused-ring (bicyclic) bond motifs is 4. The molecule has 0 aliphatic carbocycles. The van der Waals surface area contributed by atoms with Crippen LogP contribution >= 0.6 is 0 Å². The predicted molar refractivity (Wildman–Crippen MR) is 244 cm³/mol. The second-order valence-corrected chi connectivity index (χ2v) is 27.1. The lowest BCUT2D eigenvalue weighted by atomic mass is 9.84. The summed E-state index contributed by atoms with van der Waals surface area (Å²) < 4.78 is 0. The molecule has 0 amide bonds. The van der Waals surface area contributed by atoms with E-state index in [4.69, 9.17) is 0 Å². The standard InChI is InChI=1S/C52H46Si2/c1-53(2,3)41-27-29-47-49(33-41)51(39-21-11-19-37(31-39)45-25-13-17-35-15-7-9-23-43(35)45)48-30-28-42(54(4,5)6)34-50(48)52(47)40-22-12-20-38(32-40)46-26-14-18-36-16-8-10-24-44(36)46/h7-34H,1-6H3. The molecule has 0 radical (unpaired) electrons. The van der Waals surface area contributed by atoms with Gasteiger partial charge in [0.2, 0.25) is 0 Å². The van der Waals surface area contributed by atoms with E-state index in [1.807, 2.05) is 0 Å². The lowest BCUT2D eigenvalue weighted by Gasteiger charge is -2.24. The summed E-state index contributed by atoms with van der Waals surface area (Å²) in [6, 6.07) is 64.3. The molecule has 0 spiro atoms. The van der Waals surface area contributed by atoms with Gasteiger partial charge >= 0.3 is 0 Å². The Morgan fingerprint density at radius 3 is 1.07 bits per heavy atom. The van der Waals surface area contributed by atoms with Gasteiger partial charge in [-0.25, -0.2) is 0 Å². The maximum Gasteiger partial charge on any atom is 0.0776 e. The molecule has 0 saturated heterocycles. The number of hydrogen-bond donors (Lipinski definition) is 0. The van der Waals surface area contributed by atoms with E-state index in [9.17, 15) is 0 Å². The SMILES string of the molecule is C[Si](C)(C)c1ccc2c(-c3cccc(-c4cccc5ccccc45)c3)c3cc([Si](C)(C)C)ccc3c(-c3cccc(-c4cccc5ccccc45)c3)c2c1. The third-order valence-corrected chi connectivity index (χ3v) is 15.4. The monoisotopic (exact) mass is 726 g/mol. The summed E-state index contributed by atoms with van der Waals surface area (Å²) >= 11 is 0. The zero-order valence-corrected chi connectivity index (χ0v) is 34.2. The Balaban J connectivity index is 1.37. The summed E-state index contributed by atoms with van der Waals surface area (Å²) in [5, 5.41) is 13.4. The Hall–Kier alpha value is -5.55. The van der Waals surface area contributed by atoms with Crippen LogP contribution in [0.25, 0.3) is 87.6 Å².